The van der Waals surface area contributed by atoms with Gasteiger partial charge in [-0.05, 0) is 39.3 Å². The second-order valence-electron chi connectivity index (χ2n) is 4.93. The van der Waals surface area contributed by atoms with E-state index >= 15 is 0 Å². The third-order valence-corrected chi connectivity index (χ3v) is 2.26. The van der Waals surface area contributed by atoms with Gasteiger partial charge in [0, 0.05) is 13.1 Å². The molecule has 7 nitrogen and oxygen atoms in total. The summed E-state index contributed by atoms with van der Waals surface area (Å²) in [5.74, 6) is 0.171. The Hall–Kier alpha value is -1.63. The van der Waals surface area contributed by atoms with Crippen LogP contribution in [0.15, 0.2) is 0 Å². The number of hydrogen-bond donors (Lipinski definition) is 1. The predicted molar refractivity (Wildman–Crippen MR) is 77.1 cm³/mol. The predicted octanol–water partition coefficient (Wildman–Crippen LogP) is 1.27. The molecule has 112 valence electrons. The number of nitrogens with zero attached hydrogens (tertiary/aromatic N) is 4. The maximum Gasteiger partial charge on any atom is 0.322 e. The molecule has 0 unspecified atom stereocenters. The van der Waals surface area contributed by atoms with Crippen LogP contribution < -0.4 is 15.0 Å². The normalized spacial score (nSPS) is 10.8. The SMILES string of the molecule is CC(C)NC(=O)CN(C)c1nc(Cl)nc(OC(C)C)n1. The van der Waals surface area contributed by atoms with Gasteiger partial charge in [0.25, 0.3) is 0 Å². The van der Waals surface area contributed by atoms with Crippen molar-refractivity contribution in [2.75, 3.05) is 18.5 Å². The van der Waals surface area contributed by atoms with Gasteiger partial charge in [0.05, 0.1) is 12.6 Å². The summed E-state index contributed by atoms with van der Waals surface area (Å²) in [6.45, 7) is 7.63. The van der Waals surface area contributed by atoms with Gasteiger partial charge in [-0.15, -0.1) is 0 Å². The van der Waals surface area contributed by atoms with E-state index in [0.29, 0.717) is 5.95 Å². The number of anilines is 1. The van der Waals surface area contributed by atoms with Crippen LogP contribution in [-0.2, 0) is 4.79 Å². The lowest BCUT2D eigenvalue weighted by Crippen LogP contribution is -2.39. The molecule has 1 rings (SSSR count). The molecular formula is C12H20ClN5O2. The molecule has 0 radical (unpaired) electrons. The van der Waals surface area contributed by atoms with Crippen LogP contribution in [-0.4, -0.2) is 46.6 Å². The van der Waals surface area contributed by atoms with Crippen molar-refractivity contribution in [2.24, 2.45) is 0 Å². The minimum Gasteiger partial charge on any atom is -0.461 e. The van der Waals surface area contributed by atoms with E-state index in [1.54, 1.807) is 11.9 Å². The molecular weight excluding hydrogens is 282 g/mol. The average Bonchev–Trinajstić information content (AvgIpc) is 2.25. The fraction of sp³-hybridized carbons (Fsp3) is 0.667. The monoisotopic (exact) mass is 301 g/mol. The first-order chi connectivity index (χ1) is 9.27. The molecule has 0 aromatic carbocycles. The number of nitrogens with one attached hydrogen (secondary N) is 1. The Morgan fingerprint density at radius 3 is 2.50 bits per heavy atom. The van der Waals surface area contributed by atoms with Crippen LogP contribution in [0.5, 0.6) is 6.01 Å². The van der Waals surface area contributed by atoms with Crippen LogP contribution in [0.1, 0.15) is 27.7 Å². The summed E-state index contributed by atoms with van der Waals surface area (Å²) in [5.41, 5.74) is 0. The van der Waals surface area contributed by atoms with Crippen molar-refractivity contribution in [2.45, 2.75) is 39.8 Å². The van der Waals surface area contributed by atoms with Crippen LogP contribution in [0.4, 0.5) is 5.95 Å². The zero-order valence-corrected chi connectivity index (χ0v) is 13.1. The van der Waals surface area contributed by atoms with E-state index in [0.717, 1.165) is 0 Å². The number of carbonyl (C=O) groups excluding carboxylic acids is 1. The van der Waals surface area contributed by atoms with Crippen molar-refractivity contribution in [1.82, 2.24) is 20.3 Å². The molecule has 0 aliphatic rings. The molecule has 0 spiro atoms. The molecule has 20 heavy (non-hydrogen) atoms. The van der Waals surface area contributed by atoms with Crippen molar-refractivity contribution in [1.29, 1.82) is 0 Å². The summed E-state index contributed by atoms with van der Waals surface area (Å²) < 4.78 is 5.38. The van der Waals surface area contributed by atoms with Gasteiger partial charge in [0.15, 0.2) is 0 Å². The Morgan fingerprint density at radius 1 is 1.30 bits per heavy atom. The quantitative estimate of drug-likeness (QED) is 0.852. The van der Waals surface area contributed by atoms with Crippen LogP contribution in [0, 0.1) is 0 Å². The van der Waals surface area contributed by atoms with Gasteiger partial charge >= 0.3 is 6.01 Å². The number of rotatable bonds is 6. The van der Waals surface area contributed by atoms with E-state index in [1.165, 1.54) is 0 Å². The van der Waals surface area contributed by atoms with E-state index in [1.807, 2.05) is 27.7 Å². The summed E-state index contributed by atoms with van der Waals surface area (Å²) >= 11 is 5.83. The number of carbonyl (C=O) groups is 1. The van der Waals surface area contributed by atoms with Crippen LogP contribution in [0.25, 0.3) is 0 Å². The zero-order valence-electron chi connectivity index (χ0n) is 12.3. The Labute approximate surface area is 123 Å². The maximum atomic E-state index is 11.7. The van der Waals surface area contributed by atoms with Crippen molar-refractivity contribution in [3.63, 3.8) is 0 Å². The standard InChI is InChI=1S/C12H20ClN5O2/c1-7(2)14-9(19)6-18(5)11-15-10(13)16-12(17-11)20-8(3)4/h7-8H,6H2,1-5H3,(H,14,19). The summed E-state index contributed by atoms with van der Waals surface area (Å²) in [6, 6.07) is 0.226. The topological polar surface area (TPSA) is 80.2 Å². The zero-order chi connectivity index (χ0) is 15.3. The van der Waals surface area contributed by atoms with Crippen molar-refractivity contribution < 1.29 is 9.53 Å². The van der Waals surface area contributed by atoms with E-state index in [4.69, 9.17) is 16.3 Å². The third-order valence-electron chi connectivity index (χ3n) is 2.09. The van der Waals surface area contributed by atoms with Crippen molar-refractivity contribution >= 4 is 23.5 Å². The molecule has 0 fully saturated rings. The highest BCUT2D eigenvalue weighted by Crippen LogP contribution is 2.14. The number of amides is 1. The molecule has 1 amide bonds. The lowest BCUT2D eigenvalue weighted by Gasteiger charge is -2.18. The molecule has 0 saturated carbocycles. The fourth-order valence-corrected chi connectivity index (χ4v) is 1.56. The molecule has 0 aliphatic heterocycles. The average molecular weight is 302 g/mol. The third kappa shape index (κ3) is 5.56. The highest BCUT2D eigenvalue weighted by atomic mass is 35.5. The van der Waals surface area contributed by atoms with Crippen LogP contribution in [0.2, 0.25) is 5.28 Å². The van der Waals surface area contributed by atoms with Gasteiger partial charge in [-0.25, -0.2) is 0 Å². The summed E-state index contributed by atoms with van der Waals surface area (Å²) in [5, 5.41) is 2.82. The first kappa shape index (κ1) is 16.4. The molecule has 1 heterocycles. The molecule has 0 aliphatic carbocycles. The van der Waals surface area contributed by atoms with Crippen molar-refractivity contribution in [3.05, 3.63) is 5.28 Å². The molecule has 0 atom stereocenters. The Morgan fingerprint density at radius 2 is 1.95 bits per heavy atom. The van der Waals surface area contributed by atoms with Gasteiger partial charge in [-0.3, -0.25) is 4.79 Å². The lowest BCUT2D eigenvalue weighted by atomic mass is 10.4. The minimum atomic E-state index is -0.120. The van der Waals surface area contributed by atoms with E-state index in [9.17, 15) is 4.79 Å². The first-order valence-corrected chi connectivity index (χ1v) is 6.74. The Balaban J connectivity index is 2.79. The van der Waals surface area contributed by atoms with E-state index in [2.05, 4.69) is 20.3 Å². The molecule has 1 aromatic heterocycles. The molecule has 1 aromatic rings. The molecule has 0 bridgehead atoms. The van der Waals surface area contributed by atoms with Crippen molar-refractivity contribution in [3.8, 4) is 6.01 Å². The smallest absolute Gasteiger partial charge is 0.322 e. The van der Waals surface area contributed by atoms with Crippen LogP contribution >= 0.6 is 11.6 Å². The highest BCUT2D eigenvalue weighted by molar-refractivity contribution is 6.28. The number of ether oxygens (including phenoxy) is 1. The van der Waals surface area contributed by atoms with Gasteiger partial charge in [-0.2, -0.15) is 15.0 Å². The van der Waals surface area contributed by atoms with Crippen LogP contribution in [0.3, 0.4) is 0 Å². The molecule has 8 heteroatoms. The highest BCUT2D eigenvalue weighted by Gasteiger charge is 2.14. The summed E-state index contributed by atoms with van der Waals surface area (Å²) in [7, 11) is 1.70. The lowest BCUT2D eigenvalue weighted by molar-refractivity contribution is -0.120. The second kappa shape index (κ2) is 7.23. The van der Waals surface area contributed by atoms with Gasteiger partial charge < -0.3 is 15.0 Å². The number of hydrogen-bond acceptors (Lipinski definition) is 6. The van der Waals surface area contributed by atoms with Gasteiger partial charge in [0.2, 0.25) is 17.1 Å². The summed E-state index contributed by atoms with van der Waals surface area (Å²) in [6.07, 6.45) is -0.0733. The Bertz CT molecular complexity index is 467. The fourth-order valence-electron chi connectivity index (χ4n) is 1.41. The number of aromatic nitrogens is 3. The maximum absolute atomic E-state index is 11.7. The first-order valence-electron chi connectivity index (χ1n) is 6.36. The molecule has 0 saturated heterocycles. The summed E-state index contributed by atoms with van der Waals surface area (Å²) in [4.78, 5) is 25.3. The number of likely N-dealkylation sites (N-methyl/N-ethyl adjacent to an activating group) is 1. The number of halogens is 1. The Kier molecular flexibility index (Phi) is 5.94. The van der Waals surface area contributed by atoms with Gasteiger partial charge in [0.1, 0.15) is 0 Å². The molecule has 1 N–H and O–H groups in total. The minimum absolute atomic E-state index is 0.0294. The van der Waals surface area contributed by atoms with E-state index in [-0.39, 0.29) is 35.9 Å². The largest absolute Gasteiger partial charge is 0.461 e. The second-order valence-corrected chi connectivity index (χ2v) is 5.27. The van der Waals surface area contributed by atoms with Gasteiger partial charge in [-0.1, -0.05) is 0 Å². The van der Waals surface area contributed by atoms with E-state index < -0.39 is 0 Å².